The van der Waals surface area contributed by atoms with Gasteiger partial charge in [-0.2, -0.15) is 12.1 Å². The minimum atomic E-state index is 0. The summed E-state index contributed by atoms with van der Waals surface area (Å²) in [6, 6.07) is 43.3. The summed E-state index contributed by atoms with van der Waals surface area (Å²) in [6.07, 6.45) is 4.31. The van der Waals surface area contributed by atoms with Crippen molar-refractivity contribution in [2.45, 2.75) is 13.8 Å². The van der Waals surface area contributed by atoms with Gasteiger partial charge in [0.2, 0.25) is 0 Å². The van der Waals surface area contributed by atoms with Gasteiger partial charge in [0.1, 0.15) is 0 Å². The fraction of sp³-hybridized carbons (Fsp3) is 0.0526. The second-order valence-electron chi connectivity index (χ2n) is 10.1. The molecule has 0 unspecified atom stereocenters. The SMILES string of the molecule is Cc1cc2c(-n3ccc4ccccc43)cccc2[cH-]1.Cc1cc2c(-n3ccc4ccccc43)cccc2[cH-]1.Cl.Cl.[CH3-].[CH3-].[Si]=[Zr]. The molecule has 8 aromatic rings. The van der Waals surface area contributed by atoms with Crippen LogP contribution in [0.25, 0.3) is 54.7 Å². The molecule has 2 heterocycles. The first-order valence-corrected chi connectivity index (χ1v) is 17.5. The van der Waals surface area contributed by atoms with E-state index in [1.807, 2.05) is 0 Å². The first-order valence-electron chi connectivity index (χ1n) is 13.4. The summed E-state index contributed by atoms with van der Waals surface area (Å²) in [4.78, 5) is 0. The summed E-state index contributed by atoms with van der Waals surface area (Å²) in [5, 5.41) is 7.83. The Morgan fingerprint density at radius 2 is 0.909 bits per heavy atom. The quantitative estimate of drug-likeness (QED) is 0.125. The van der Waals surface area contributed by atoms with Crippen LogP contribution in [-0.4, -0.2) is 16.0 Å². The van der Waals surface area contributed by atoms with Gasteiger partial charge in [0, 0.05) is 23.8 Å². The van der Waals surface area contributed by atoms with Crippen molar-refractivity contribution in [3.63, 3.8) is 0 Å². The van der Waals surface area contributed by atoms with Gasteiger partial charge in [0.25, 0.3) is 0 Å². The van der Waals surface area contributed by atoms with E-state index in [1.54, 1.807) is 0 Å². The molecule has 0 saturated heterocycles. The number of halogens is 2. The van der Waals surface area contributed by atoms with Crippen LogP contribution in [0.1, 0.15) is 11.1 Å². The maximum atomic E-state index is 3.06. The van der Waals surface area contributed by atoms with E-state index in [0.29, 0.717) is 0 Å². The molecule has 44 heavy (non-hydrogen) atoms. The molecule has 0 aliphatic heterocycles. The molecule has 0 N–H and O–H groups in total. The van der Waals surface area contributed by atoms with E-state index in [4.69, 9.17) is 0 Å². The molecule has 2 radical (unpaired) electrons. The average molecular weight is 711 g/mol. The van der Waals surface area contributed by atoms with Gasteiger partial charge in [-0.3, -0.25) is 0 Å². The molecule has 0 amide bonds. The Bertz CT molecular complexity index is 1950. The third-order valence-electron chi connectivity index (χ3n) is 7.46. The van der Waals surface area contributed by atoms with Crippen LogP contribution in [0.3, 0.4) is 0 Å². The van der Waals surface area contributed by atoms with E-state index in [9.17, 15) is 0 Å². The fourth-order valence-electron chi connectivity index (χ4n) is 5.74. The standard InChI is InChI=1S/2C18H14N.2CH3.2ClH.Si.Zr/c2*1-13-11-15-6-4-8-18(16(15)12-13)19-10-9-14-5-2-3-7-17(14)19;;;;;;/h2*2-12H,1H3;2*1H3;2*1H;;/q4*-1;;;;. The van der Waals surface area contributed by atoms with Gasteiger partial charge >= 0.3 is 30.2 Å². The van der Waals surface area contributed by atoms with E-state index in [2.05, 4.69) is 164 Å². The summed E-state index contributed by atoms with van der Waals surface area (Å²) >= 11 is 1.36. The number of aromatic nitrogens is 2. The van der Waals surface area contributed by atoms with Crippen molar-refractivity contribution in [2.24, 2.45) is 0 Å². The molecule has 8 rings (SSSR count). The Morgan fingerprint density at radius 1 is 0.523 bits per heavy atom. The van der Waals surface area contributed by atoms with Gasteiger partial charge in [-0.05, 0) is 35.0 Å². The summed E-state index contributed by atoms with van der Waals surface area (Å²) in [5.41, 5.74) is 7.67. The average Bonchev–Trinajstić information content (AvgIpc) is 3.77. The van der Waals surface area contributed by atoms with E-state index in [1.165, 1.54) is 89.2 Å². The number of para-hydroxylation sites is 2. The molecule has 0 fully saturated rings. The number of hydrogen-bond acceptors (Lipinski definition) is 0. The van der Waals surface area contributed by atoms with E-state index < -0.39 is 0 Å². The van der Waals surface area contributed by atoms with Crippen molar-refractivity contribution in [1.82, 2.24) is 9.13 Å². The van der Waals surface area contributed by atoms with Gasteiger partial charge in [0.15, 0.2) is 0 Å². The molecular formula is C38H36Cl2N2SiZr-4. The van der Waals surface area contributed by atoms with Gasteiger partial charge in [0.05, 0.1) is 11.0 Å². The second kappa shape index (κ2) is 16.3. The third kappa shape index (κ3) is 7.05. The molecule has 0 atom stereocenters. The predicted octanol–water partition coefficient (Wildman–Crippen LogP) is 11.0. The number of hydrogen-bond donors (Lipinski definition) is 0. The van der Waals surface area contributed by atoms with E-state index in [-0.39, 0.29) is 39.7 Å². The number of rotatable bonds is 2. The van der Waals surface area contributed by atoms with E-state index in [0.717, 1.165) is 0 Å². The normalized spacial score (nSPS) is 9.93. The second-order valence-corrected chi connectivity index (χ2v) is 10.1. The van der Waals surface area contributed by atoms with Crippen LogP contribution >= 0.6 is 24.8 Å². The van der Waals surface area contributed by atoms with Crippen LogP contribution in [-0.2, 0) is 23.3 Å². The Kier molecular flexibility index (Phi) is 13.7. The summed E-state index contributed by atoms with van der Waals surface area (Å²) in [7, 11) is 0. The Hall–Kier alpha value is -3.14. The minimum absolute atomic E-state index is 0. The van der Waals surface area contributed by atoms with Gasteiger partial charge in [-0.25, -0.2) is 0 Å². The van der Waals surface area contributed by atoms with Crippen LogP contribution < -0.4 is 0 Å². The van der Waals surface area contributed by atoms with Crippen molar-refractivity contribution in [3.05, 3.63) is 160 Å². The zero-order valence-electron chi connectivity index (χ0n) is 25.4. The molecule has 224 valence electrons. The molecule has 0 saturated carbocycles. The summed E-state index contributed by atoms with van der Waals surface area (Å²) < 4.78 is 4.55. The first kappa shape index (κ1) is 37.0. The number of aryl methyl sites for hydroxylation is 2. The Labute approximate surface area is 290 Å². The van der Waals surface area contributed by atoms with Crippen molar-refractivity contribution in [2.75, 3.05) is 0 Å². The molecular weight excluding hydrogens is 675 g/mol. The zero-order chi connectivity index (χ0) is 27.6. The van der Waals surface area contributed by atoms with Crippen LogP contribution in [0.2, 0.25) is 0 Å². The van der Waals surface area contributed by atoms with Gasteiger partial charge in [-0.1, -0.05) is 62.4 Å². The van der Waals surface area contributed by atoms with Gasteiger partial charge < -0.3 is 24.0 Å². The van der Waals surface area contributed by atoms with Gasteiger partial charge in [-0.15, -0.1) is 93.9 Å². The number of nitrogens with zero attached hydrogens (tertiary/aromatic N) is 2. The van der Waals surface area contributed by atoms with Crippen LogP contribution in [0.15, 0.2) is 134 Å². The van der Waals surface area contributed by atoms with Crippen molar-refractivity contribution >= 4 is 75.0 Å². The third-order valence-corrected chi connectivity index (χ3v) is 7.46. The predicted molar refractivity (Wildman–Crippen MR) is 195 cm³/mol. The molecule has 6 heteroatoms. The zero-order valence-corrected chi connectivity index (χ0v) is 30.5. The number of benzene rings is 4. The van der Waals surface area contributed by atoms with E-state index >= 15 is 0 Å². The Morgan fingerprint density at radius 3 is 1.32 bits per heavy atom. The van der Waals surface area contributed by atoms with Crippen molar-refractivity contribution < 1.29 is 23.3 Å². The molecule has 6 aromatic carbocycles. The Balaban J connectivity index is 0.000000268. The summed E-state index contributed by atoms with van der Waals surface area (Å²) in [5.74, 6) is 0. The molecule has 0 spiro atoms. The number of fused-ring (bicyclic) bond motifs is 4. The van der Waals surface area contributed by atoms with Crippen LogP contribution in [0, 0.1) is 28.7 Å². The monoisotopic (exact) mass is 708 g/mol. The molecule has 2 nitrogen and oxygen atoms in total. The summed E-state index contributed by atoms with van der Waals surface area (Å²) in [6.45, 7) is 7.36. The van der Waals surface area contributed by atoms with Crippen molar-refractivity contribution in [1.29, 1.82) is 0 Å². The fourth-order valence-corrected chi connectivity index (χ4v) is 5.74. The topological polar surface area (TPSA) is 9.86 Å². The van der Waals surface area contributed by atoms with Crippen LogP contribution in [0.4, 0.5) is 0 Å². The molecule has 0 bridgehead atoms. The van der Waals surface area contributed by atoms with Crippen LogP contribution in [0.5, 0.6) is 0 Å². The molecule has 0 aliphatic carbocycles. The molecule has 0 aliphatic rings. The molecule has 2 aromatic heterocycles. The maximum absolute atomic E-state index is 3.06. The first-order chi connectivity index (χ1) is 19.7. The van der Waals surface area contributed by atoms with Crippen molar-refractivity contribution in [3.8, 4) is 11.4 Å².